The van der Waals surface area contributed by atoms with Gasteiger partial charge in [0.25, 0.3) is 0 Å². The van der Waals surface area contributed by atoms with Gasteiger partial charge in [0.15, 0.2) is 0 Å². The molecule has 22 heavy (non-hydrogen) atoms. The van der Waals surface area contributed by atoms with Crippen molar-refractivity contribution in [1.82, 2.24) is 4.90 Å². The molecule has 6 heteroatoms. The molecular weight excluding hydrogens is 284 g/mol. The van der Waals surface area contributed by atoms with Crippen LogP contribution in [0.4, 0.5) is 0 Å². The second-order valence-electron chi connectivity index (χ2n) is 5.76. The summed E-state index contributed by atoms with van der Waals surface area (Å²) in [6.45, 7) is 2.23. The number of nitrogens with zero attached hydrogens (tertiary/aromatic N) is 1. The zero-order valence-corrected chi connectivity index (χ0v) is 12.6. The van der Waals surface area contributed by atoms with Crippen molar-refractivity contribution in [3.63, 3.8) is 0 Å². The average Bonchev–Trinajstić information content (AvgIpc) is 2.54. The molecule has 0 saturated carbocycles. The van der Waals surface area contributed by atoms with Gasteiger partial charge < -0.3 is 25.6 Å². The molecule has 6 nitrogen and oxygen atoms in total. The number of amides is 1. The average molecular weight is 308 g/mol. The van der Waals surface area contributed by atoms with E-state index in [1.165, 1.54) is 0 Å². The van der Waals surface area contributed by atoms with E-state index in [1.807, 2.05) is 30.3 Å². The van der Waals surface area contributed by atoms with E-state index in [-0.39, 0.29) is 12.5 Å². The molecule has 1 fully saturated rings. The number of primary amides is 1. The monoisotopic (exact) mass is 308 g/mol. The van der Waals surface area contributed by atoms with Gasteiger partial charge in [0.2, 0.25) is 5.91 Å². The van der Waals surface area contributed by atoms with E-state index in [2.05, 4.69) is 4.90 Å². The van der Waals surface area contributed by atoms with Crippen molar-refractivity contribution in [1.29, 1.82) is 0 Å². The molecule has 122 valence electrons. The van der Waals surface area contributed by atoms with Crippen LogP contribution in [0.15, 0.2) is 30.3 Å². The molecule has 1 heterocycles. The second kappa shape index (κ2) is 8.12. The number of carbonyl (C=O) groups excluding carboxylic acids is 1. The summed E-state index contributed by atoms with van der Waals surface area (Å²) in [5, 5.41) is 19.7. The number of benzene rings is 1. The minimum Gasteiger partial charge on any atom is -0.491 e. The molecule has 0 aliphatic carbocycles. The number of rotatable bonds is 7. The molecular formula is C16H24N2O4. The van der Waals surface area contributed by atoms with Crippen LogP contribution < -0.4 is 10.5 Å². The molecule has 0 spiro atoms. The van der Waals surface area contributed by atoms with Gasteiger partial charge in [-0.3, -0.25) is 4.79 Å². The smallest absolute Gasteiger partial charge is 0.246 e. The number of aliphatic hydroxyl groups is 2. The summed E-state index contributed by atoms with van der Waals surface area (Å²) in [6, 6.07) is 9.38. The Labute approximate surface area is 130 Å². The molecule has 0 radical (unpaired) electrons. The number of carbonyl (C=O) groups is 1. The Balaban J connectivity index is 1.68. The van der Waals surface area contributed by atoms with E-state index < -0.39 is 18.1 Å². The van der Waals surface area contributed by atoms with Gasteiger partial charge in [-0.25, -0.2) is 0 Å². The summed E-state index contributed by atoms with van der Waals surface area (Å²) in [5.41, 5.74) is 5.12. The number of aliphatic hydroxyl groups excluding tert-OH is 2. The molecule has 4 N–H and O–H groups in total. The predicted molar refractivity (Wildman–Crippen MR) is 82.3 cm³/mol. The van der Waals surface area contributed by atoms with Crippen molar-refractivity contribution >= 4 is 5.91 Å². The number of β-amino-alcohol motifs (C(OH)–C–C–N with tert-alkyl or cyclic N) is 1. The second-order valence-corrected chi connectivity index (χ2v) is 5.76. The molecule has 1 saturated heterocycles. The highest BCUT2D eigenvalue weighted by Gasteiger charge is 2.28. The number of ether oxygens (including phenoxy) is 1. The summed E-state index contributed by atoms with van der Waals surface area (Å²) >= 11 is 0. The lowest BCUT2D eigenvalue weighted by Gasteiger charge is -2.34. The molecule has 2 rings (SSSR count). The molecule has 1 aliphatic rings. The lowest BCUT2D eigenvalue weighted by Crippen LogP contribution is -2.45. The van der Waals surface area contributed by atoms with Crippen molar-refractivity contribution in [2.75, 3.05) is 26.2 Å². The Morgan fingerprint density at radius 2 is 1.91 bits per heavy atom. The van der Waals surface area contributed by atoms with Gasteiger partial charge in [-0.2, -0.15) is 0 Å². The molecule has 0 bridgehead atoms. The van der Waals surface area contributed by atoms with Crippen molar-refractivity contribution in [3.8, 4) is 5.75 Å². The predicted octanol–water partition coefficient (Wildman–Crippen LogP) is -0.0155. The first-order chi connectivity index (χ1) is 10.6. The van der Waals surface area contributed by atoms with E-state index in [4.69, 9.17) is 10.5 Å². The normalized spacial score (nSPS) is 19.5. The largest absolute Gasteiger partial charge is 0.491 e. The van der Waals surface area contributed by atoms with Gasteiger partial charge in [-0.05, 0) is 44.0 Å². The highest BCUT2D eigenvalue weighted by atomic mass is 16.5. The third kappa shape index (κ3) is 4.98. The number of para-hydroxylation sites is 1. The Kier molecular flexibility index (Phi) is 6.18. The van der Waals surface area contributed by atoms with Crippen LogP contribution in [0.5, 0.6) is 5.75 Å². The lowest BCUT2D eigenvalue weighted by molar-refractivity contribution is -0.129. The number of likely N-dealkylation sites (tertiary alicyclic amines) is 1. The van der Waals surface area contributed by atoms with E-state index >= 15 is 0 Å². The van der Waals surface area contributed by atoms with Gasteiger partial charge in [0.05, 0.1) is 0 Å². The first-order valence-electron chi connectivity index (χ1n) is 7.62. The number of piperidine rings is 1. The Morgan fingerprint density at radius 3 is 2.50 bits per heavy atom. The SMILES string of the molecule is NC(=O)C(O)C1CCN(CC(O)COc2ccccc2)CC1. The minimum absolute atomic E-state index is 0.0774. The van der Waals surface area contributed by atoms with Gasteiger partial charge in [-0.1, -0.05) is 18.2 Å². The Hall–Kier alpha value is -1.63. The quantitative estimate of drug-likeness (QED) is 0.658. The zero-order chi connectivity index (χ0) is 15.9. The summed E-state index contributed by atoms with van der Waals surface area (Å²) in [7, 11) is 0. The highest BCUT2D eigenvalue weighted by molar-refractivity contribution is 5.78. The fraction of sp³-hybridized carbons (Fsp3) is 0.562. The molecule has 2 atom stereocenters. The number of nitrogens with two attached hydrogens (primary N) is 1. The zero-order valence-electron chi connectivity index (χ0n) is 12.6. The molecule has 1 amide bonds. The van der Waals surface area contributed by atoms with Crippen molar-refractivity contribution in [2.24, 2.45) is 11.7 Å². The molecule has 1 aliphatic heterocycles. The van der Waals surface area contributed by atoms with Gasteiger partial charge in [0, 0.05) is 6.54 Å². The fourth-order valence-corrected chi connectivity index (χ4v) is 2.74. The first kappa shape index (κ1) is 16.7. The van der Waals surface area contributed by atoms with E-state index in [9.17, 15) is 15.0 Å². The highest BCUT2D eigenvalue weighted by Crippen LogP contribution is 2.20. The first-order valence-corrected chi connectivity index (χ1v) is 7.62. The van der Waals surface area contributed by atoms with Crippen molar-refractivity contribution in [2.45, 2.75) is 25.0 Å². The maximum absolute atomic E-state index is 11.0. The van der Waals surface area contributed by atoms with E-state index in [0.29, 0.717) is 19.4 Å². The van der Waals surface area contributed by atoms with Crippen LogP contribution in [0.25, 0.3) is 0 Å². The maximum atomic E-state index is 11.0. The molecule has 2 unspecified atom stereocenters. The standard InChI is InChI=1S/C16H24N2O4/c17-16(21)15(20)12-6-8-18(9-7-12)10-13(19)11-22-14-4-2-1-3-5-14/h1-5,12-13,15,19-20H,6-11H2,(H2,17,21). The fourth-order valence-electron chi connectivity index (χ4n) is 2.74. The summed E-state index contributed by atoms with van der Waals surface area (Å²) < 4.78 is 5.52. The topological polar surface area (TPSA) is 96.0 Å². The third-order valence-corrected chi connectivity index (χ3v) is 4.02. The van der Waals surface area contributed by atoms with Crippen LogP contribution in [0.2, 0.25) is 0 Å². The molecule has 0 aromatic heterocycles. The van der Waals surface area contributed by atoms with Gasteiger partial charge >= 0.3 is 0 Å². The summed E-state index contributed by atoms with van der Waals surface area (Å²) in [5.74, 6) is 0.00560. The summed E-state index contributed by atoms with van der Waals surface area (Å²) in [6.07, 6.45) is -0.224. The number of hydrogen-bond donors (Lipinski definition) is 3. The van der Waals surface area contributed by atoms with Crippen LogP contribution in [0, 0.1) is 5.92 Å². The lowest BCUT2D eigenvalue weighted by atomic mass is 9.91. The molecule has 1 aromatic carbocycles. The third-order valence-electron chi connectivity index (χ3n) is 4.02. The van der Waals surface area contributed by atoms with Crippen LogP contribution in [-0.4, -0.2) is 59.5 Å². The van der Waals surface area contributed by atoms with Crippen molar-refractivity contribution < 1.29 is 19.7 Å². The van der Waals surface area contributed by atoms with E-state index in [0.717, 1.165) is 18.8 Å². The Bertz CT molecular complexity index is 460. The number of hydrogen-bond acceptors (Lipinski definition) is 5. The van der Waals surface area contributed by atoms with Gasteiger partial charge in [-0.15, -0.1) is 0 Å². The molecule has 1 aromatic rings. The van der Waals surface area contributed by atoms with Crippen LogP contribution in [0.1, 0.15) is 12.8 Å². The minimum atomic E-state index is -1.06. The Morgan fingerprint density at radius 1 is 1.27 bits per heavy atom. The van der Waals surface area contributed by atoms with Crippen LogP contribution >= 0.6 is 0 Å². The van der Waals surface area contributed by atoms with E-state index in [1.54, 1.807) is 0 Å². The van der Waals surface area contributed by atoms with Gasteiger partial charge in [0.1, 0.15) is 24.6 Å². The van der Waals surface area contributed by atoms with Crippen molar-refractivity contribution in [3.05, 3.63) is 30.3 Å². The van der Waals surface area contributed by atoms with Crippen LogP contribution in [-0.2, 0) is 4.79 Å². The van der Waals surface area contributed by atoms with Crippen LogP contribution in [0.3, 0.4) is 0 Å². The maximum Gasteiger partial charge on any atom is 0.246 e. The summed E-state index contributed by atoms with van der Waals surface area (Å²) in [4.78, 5) is 13.1.